The highest BCUT2D eigenvalue weighted by Crippen LogP contribution is 2.33. The molecule has 0 aliphatic carbocycles. The first-order valence-electron chi connectivity index (χ1n) is 7.35. The number of carboxylic acids is 1. The number of nitrogens with zero attached hydrogens (tertiary/aromatic N) is 1. The van der Waals surface area contributed by atoms with E-state index < -0.39 is 5.97 Å². The molecule has 3 aliphatic rings. The van der Waals surface area contributed by atoms with Crippen LogP contribution in [0, 0.1) is 11.8 Å². The number of fused-ring (bicyclic) bond motifs is 2. The number of hydrogen-bond donors (Lipinski definition) is 2. The Morgan fingerprint density at radius 1 is 1.05 bits per heavy atom. The molecule has 2 atom stereocenters. The first kappa shape index (κ1) is 12.9. The van der Waals surface area contributed by atoms with E-state index in [0.29, 0.717) is 37.5 Å². The SMILES string of the molecule is O=C(O)CC1CN(C(=O)CC2CC3CCC(C2)N3)C1. The van der Waals surface area contributed by atoms with Crippen molar-refractivity contribution < 1.29 is 14.7 Å². The van der Waals surface area contributed by atoms with E-state index in [9.17, 15) is 9.59 Å². The van der Waals surface area contributed by atoms with Gasteiger partial charge in [0.2, 0.25) is 5.91 Å². The van der Waals surface area contributed by atoms with Gasteiger partial charge in [0.15, 0.2) is 0 Å². The first-order chi connectivity index (χ1) is 9.10. The van der Waals surface area contributed by atoms with Crippen LogP contribution in [0.15, 0.2) is 0 Å². The summed E-state index contributed by atoms with van der Waals surface area (Å²) in [5.74, 6) is 0.176. The molecule has 19 heavy (non-hydrogen) atoms. The first-order valence-corrected chi connectivity index (χ1v) is 7.35. The van der Waals surface area contributed by atoms with Gasteiger partial charge in [-0.25, -0.2) is 0 Å². The standard InChI is InChI=1S/C14H22N2O3/c17-13(16-7-10(8-16)6-14(18)19)5-9-3-11-1-2-12(4-9)15-11/h9-12,15H,1-8H2,(H,18,19). The average Bonchev–Trinajstić information content (AvgIpc) is 2.62. The second kappa shape index (κ2) is 5.12. The number of rotatable bonds is 4. The summed E-state index contributed by atoms with van der Waals surface area (Å²) < 4.78 is 0. The molecule has 2 bridgehead atoms. The molecule has 1 amide bonds. The Hall–Kier alpha value is -1.10. The molecular weight excluding hydrogens is 244 g/mol. The molecule has 0 aromatic carbocycles. The third-order valence-electron chi connectivity index (χ3n) is 4.81. The Labute approximate surface area is 113 Å². The molecule has 5 heteroatoms. The molecule has 106 valence electrons. The lowest BCUT2D eigenvalue weighted by molar-refractivity contribution is -0.145. The predicted octanol–water partition coefficient (Wildman–Crippen LogP) is 0.840. The molecular formula is C14H22N2O3. The van der Waals surface area contributed by atoms with Crippen LogP contribution < -0.4 is 5.32 Å². The number of nitrogens with one attached hydrogen (secondary N) is 1. The summed E-state index contributed by atoms with van der Waals surface area (Å²) in [6.45, 7) is 1.28. The van der Waals surface area contributed by atoms with Gasteiger partial charge in [-0.2, -0.15) is 0 Å². The van der Waals surface area contributed by atoms with E-state index in [2.05, 4.69) is 5.32 Å². The fraction of sp³-hybridized carbons (Fsp3) is 0.857. The highest BCUT2D eigenvalue weighted by atomic mass is 16.4. The van der Waals surface area contributed by atoms with Gasteiger partial charge in [0, 0.05) is 37.5 Å². The number of carbonyl (C=O) groups excluding carboxylic acids is 1. The van der Waals surface area contributed by atoms with Gasteiger partial charge in [0.25, 0.3) is 0 Å². The van der Waals surface area contributed by atoms with Crippen LogP contribution in [0.25, 0.3) is 0 Å². The van der Waals surface area contributed by atoms with Crippen molar-refractivity contribution in [3.05, 3.63) is 0 Å². The maximum atomic E-state index is 12.1. The van der Waals surface area contributed by atoms with Crippen molar-refractivity contribution in [2.45, 2.75) is 50.6 Å². The zero-order valence-corrected chi connectivity index (χ0v) is 11.2. The number of aliphatic carboxylic acids is 1. The number of likely N-dealkylation sites (tertiary alicyclic amines) is 1. The molecule has 3 saturated heterocycles. The largest absolute Gasteiger partial charge is 0.481 e. The maximum absolute atomic E-state index is 12.1. The van der Waals surface area contributed by atoms with Crippen molar-refractivity contribution >= 4 is 11.9 Å². The van der Waals surface area contributed by atoms with Crippen molar-refractivity contribution in [1.29, 1.82) is 0 Å². The molecule has 0 spiro atoms. The number of hydrogen-bond acceptors (Lipinski definition) is 3. The third kappa shape index (κ3) is 2.91. The van der Waals surface area contributed by atoms with E-state index in [1.807, 2.05) is 4.90 Å². The molecule has 0 aromatic heterocycles. The topological polar surface area (TPSA) is 69.6 Å². The Morgan fingerprint density at radius 3 is 2.26 bits per heavy atom. The number of piperidine rings is 1. The van der Waals surface area contributed by atoms with Crippen LogP contribution in [0.2, 0.25) is 0 Å². The van der Waals surface area contributed by atoms with Gasteiger partial charge in [0.05, 0.1) is 6.42 Å². The molecule has 0 saturated carbocycles. The summed E-state index contributed by atoms with van der Waals surface area (Å²) in [5.41, 5.74) is 0. The van der Waals surface area contributed by atoms with E-state index in [-0.39, 0.29) is 18.2 Å². The quantitative estimate of drug-likeness (QED) is 0.791. The van der Waals surface area contributed by atoms with Crippen LogP contribution in [0.5, 0.6) is 0 Å². The Kier molecular flexibility index (Phi) is 3.48. The highest BCUT2D eigenvalue weighted by Gasteiger charge is 2.37. The average molecular weight is 266 g/mol. The summed E-state index contributed by atoms with van der Waals surface area (Å²) >= 11 is 0. The van der Waals surface area contributed by atoms with E-state index in [1.165, 1.54) is 12.8 Å². The van der Waals surface area contributed by atoms with Crippen LogP contribution in [-0.2, 0) is 9.59 Å². The summed E-state index contributed by atoms with van der Waals surface area (Å²) in [6.07, 6.45) is 5.65. The van der Waals surface area contributed by atoms with Crippen LogP contribution in [0.1, 0.15) is 38.5 Å². The lowest BCUT2D eigenvalue weighted by Gasteiger charge is -2.40. The second-order valence-electron chi connectivity index (χ2n) is 6.44. The van der Waals surface area contributed by atoms with Crippen molar-refractivity contribution in [3.8, 4) is 0 Å². The molecule has 2 N–H and O–H groups in total. The number of amides is 1. The van der Waals surface area contributed by atoms with Gasteiger partial charge in [-0.1, -0.05) is 0 Å². The normalized spacial score (nSPS) is 34.1. The fourth-order valence-corrected chi connectivity index (χ4v) is 3.87. The molecule has 3 heterocycles. The van der Waals surface area contributed by atoms with Crippen LogP contribution >= 0.6 is 0 Å². The van der Waals surface area contributed by atoms with Gasteiger partial charge in [-0.05, 0) is 31.6 Å². The van der Waals surface area contributed by atoms with Crippen molar-refractivity contribution in [2.75, 3.05) is 13.1 Å². The molecule has 0 aromatic rings. The molecule has 0 radical (unpaired) electrons. The van der Waals surface area contributed by atoms with Gasteiger partial charge < -0.3 is 15.3 Å². The summed E-state index contributed by atoms with van der Waals surface area (Å²) in [6, 6.07) is 1.26. The number of carbonyl (C=O) groups is 2. The molecule has 3 fully saturated rings. The maximum Gasteiger partial charge on any atom is 0.303 e. The Bertz CT molecular complexity index is 367. The van der Waals surface area contributed by atoms with E-state index >= 15 is 0 Å². The van der Waals surface area contributed by atoms with E-state index in [4.69, 9.17) is 5.11 Å². The minimum atomic E-state index is -0.757. The van der Waals surface area contributed by atoms with Gasteiger partial charge in [0.1, 0.15) is 0 Å². The van der Waals surface area contributed by atoms with Crippen LogP contribution in [0.3, 0.4) is 0 Å². The zero-order valence-electron chi connectivity index (χ0n) is 11.2. The fourth-order valence-electron chi connectivity index (χ4n) is 3.87. The van der Waals surface area contributed by atoms with E-state index in [0.717, 1.165) is 12.8 Å². The van der Waals surface area contributed by atoms with Crippen LogP contribution in [0.4, 0.5) is 0 Å². The lowest BCUT2D eigenvalue weighted by atomic mass is 9.88. The summed E-state index contributed by atoms with van der Waals surface area (Å²) in [4.78, 5) is 24.5. The zero-order chi connectivity index (χ0) is 13.4. The molecule has 3 rings (SSSR count). The van der Waals surface area contributed by atoms with Gasteiger partial charge >= 0.3 is 5.97 Å². The van der Waals surface area contributed by atoms with Gasteiger partial charge in [-0.15, -0.1) is 0 Å². The minimum absolute atomic E-state index is 0.172. The second-order valence-corrected chi connectivity index (χ2v) is 6.44. The van der Waals surface area contributed by atoms with Crippen molar-refractivity contribution in [2.24, 2.45) is 11.8 Å². The Balaban J connectivity index is 1.41. The number of carboxylic acid groups (broad SMARTS) is 1. The van der Waals surface area contributed by atoms with Crippen LogP contribution in [-0.4, -0.2) is 47.1 Å². The smallest absolute Gasteiger partial charge is 0.303 e. The third-order valence-corrected chi connectivity index (χ3v) is 4.81. The predicted molar refractivity (Wildman–Crippen MR) is 69.6 cm³/mol. The van der Waals surface area contributed by atoms with Crippen molar-refractivity contribution in [1.82, 2.24) is 10.2 Å². The highest BCUT2D eigenvalue weighted by molar-refractivity contribution is 5.77. The lowest BCUT2D eigenvalue weighted by Crippen LogP contribution is -2.51. The molecule has 5 nitrogen and oxygen atoms in total. The minimum Gasteiger partial charge on any atom is -0.481 e. The van der Waals surface area contributed by atoms with Crippen molar-refractivity contribution in [3.63, 3.8) is 0 Å². The molecule has 3 aliphatic heterocycles. The van der Waals surface area contributed by atoms with Gasteiger partial charge in [-0.3, -0.25) is 9.59 Å². The Morgan fingerprint density at radius 2 is 1.68 bits per heavy atom. The summed E-state index contributed by atoms with van der Waals surface area (Å²) in [5, 5.41) is 12.3. The summed E-state index contributed by atoms with van der Waals surface area (Å²) in [7, 11) is 0. The van der Waals surface area contributed by atoms with E-state index in [1.54, 1.807) is 0 Å². The molecule has 2 unspecified atom stereocenters. The monoisotopic (exact) mass is 266 g/mol.